The molecule has 0 aromatic heterocycles. The molecule has 0 atom stereocenters. The Morgan fingerprint density at radius 1 is 1.67 bits per heavy atom. The predicted octanol–water partition coefficient (Wildman–Crippen LogP) is -0.0633. The Morgan fingerprint density at radius 3 is 2.17 bits per heavy atom. The maximum Gasteiger partial charge on any atom is 0.123 e. The minimum absolute atomic E-state index is 0. The van der Waals surface area contributed by atoms with E-state index in [1.807, 2.05) is 0 Å². The van der Waals surface area contributed by atoms with Gasteiger partial charge in [0.1, 0.15) is 6.29 Å². The molecule has 0 aromatic carbocycles. The molecule has 0 unspecified atom stereocenters. The van der Waals surface area contributed by atoms with Gasteiger partial charge in [0.15, 0.2) is 0 Å². The first-order valence-corrected chi connectivity index (χ1v) is 1.46. The summed E-state index contributed by atoms with van der Waals surface area (Å²) in [4.78, 5) is 9.33. The first-order chi connectivity index (χ1) is 2.41. The summed E-state index contributed by atoms with van der Waals surface area (Å²) in [6.07, 6.45) is 2.85. The first kappa shape index (κ1) is 9.03. The average Bonchev–Trinajstić information content (AvgIpc) is 1.41. The summed E-state index contributed by atoms with van der Waals surface area (Å²) >= 11 is 0. The van der Waals surface area contributed by atoms with Crippen molar-refractivity contribution >= 4 is 6.29 Å². The number of hydrogen-bond acceptors (Lipinski definition) is 1. The molecule has 0 heterocycles. The van der Waals surface area contributed by atoms with Crippen molar-refractivity contribution in [3.05, 3.63) is 12.7 Å². The molecule has 36 valence electrons. The van der Waals surface area contributed by atoms with Crippen LogP contribution in [-0.2, 0) is 4.79 Å². The van der Waals surface area contributed by atoms with E-state index >= 15 is 0 Å². The molecule has 0 aliphatic heterocycles. The summed E-state index contributed by atoms with van der Waals surface area (Å²) in [6.45, 7) is 3.32. The third-order valence-corrected chi connectivity index (χ3v) is 0.263. The monoisotopic (exact) mass is 88.1 g/mol. The Kier molecular flexibility index (Phi) is 13.3. The van der Waals surface area contributed by atoms with Gasteiger partial charge in [0, 0.05) is 6.42 Å². The van der Waals surface area contributed by atoms with E-state index in [9.17, 15) is 4.79 Å². The summed E-state index contributed by atoms with van der Waals surface area (Å²) in [5.41, 5.74) is 0. The van der Waals surface area contributed by atoms with E-state index in [-0.39, 0.29) is 5.48 Å². The van der Waals surface area contributed by atoms with E-state index in [0.29, 0.717) is 6.42 Å². The van der Waals surface area contributed by atoms with E-state index in [1.54, 1.807) is 6.08 Å². The van der Waals surface area contributed by atoms with E-state index < -0.39 is 0 Å². The van der Waals surface area contributed by atoms with Gasteiger partial charge in [-0.15, -0.1) is 6.58 Å². The van der Waals surface area contributed by atoms with Crippen LogP contribution in [-0.4, -0.2) is 11.8 Å². The van der Waals surface area contributed by atoms with Crippen molar-refractivity contribution in [2.45, 2.75) is 6.42 Å². The van der Waals surface area contributed by atoms with E-state index in [1.165, 1.54) is 0 Å². The fourth-order valence-corrected chi connectivity index (χ4v) is 0.0680. The molecule has 0 aliphatic rings. The molecule has 0 bridgehead atoms. The quantitative estimate of drug-likeness (QED) is 0.344. The van der Waals surface area contributed by atoms with Crippen molar-refractivity contribution in [3.8, 4) is 0 Å². The third-order valence-electron chi connectivity index (χ3n) is 0.263. The predicted molar refractivity (Wildman–Crippen MR) is 24.5 cm³/mol. The molecule has 0 aromatic rings. The third kappa shape index (κ3) is 10.1. The van der Waals surface area contributed by atoms with E-state index in [0.717, 1.165) is 6.29 Å². The summed E-state index contributed by atoms with van der Waals surface area (Å²) in [7, 11) is 0. The van der Waals surface area contributed by atoms with Gasteiger partial charge >= 0.3 is 0 Å². The van der Waals surface area contributed by atoms with Gasteiger partial charge in [-0.05, 0) is 0 Å². The highest BCUT2D eigenvalue weighted by molar-refractivity contribution is 5.51. The minimum Gasteiger partial charge on any atom is -0.412 e. The molecule has 0 aliphatic carbocycles. The van der Waals surface area contributed by atoms with Gasteiger partial charge in [-0.3, -0.25) is 0 Å². The summed E-state index contributed by atoms with van der Waals surface area (Å²) in [5, 5.41) is 0. The zero-order valence-electron chi connectivity index (χ0n) is 3.48. The van der Waals surface area contributed by atoms with Gasteiger partial charge < -0.3 is 10.3 Å². The van der Waals surface area contributed by atoms with Crippen LogP contribution in [0.5, 0.6) is 0 Å². The Morgan fingerprint density at radius 2 is 2.17 bits per heavy atom. The zero-order valence-corrected chi connectivity index (χ0v) is 3.48. The second-order valence-corrected chi connectivity index (χ2v) is 0.691. The zero-order chi connectivity index (χ0) is 4.12. The Balaban J connectivity index is 0. The largest absolute Gasteiger partial charge is 0.412 e. The average molecular weight is 88.1 g/mol. The molecule has 0 fully saturated rings. The maximum atomic E-state index is 9.33. The van der Waals surface area contributed by atoms with Crippen LogP contribution in [0.15, 0.2) is 12.7 Å². The maximum absolute atomic E-state index is 9.33. The normalized spacial score (nSPS) is 5.33. The van der Waals surface area contributed by atoms with E-state index in [4.69, 9.17) is 0 Å². The smallest absolute Gasteiger partial charge is 0.123 e. The van der Waals surface area contributed by atoms with Crippen molar-refractivity contribution in [1.29, 1.82) is 0 Å². The topological polar surface area (TPSA) is 48.6 Å². The number of carbonyl (C=O) groups is 1. The van der Waals surface area contributed by atoms with Gasteiger partial charge in [-0.1, -0.05) is 6.08 Å². The highest BCUT2D eigenvalue weighted by Gasteiger charge is 1.59. The van der Waals surface area contributed by atoms with Gasteiger partial charge in [0.2, 0.25) is 0 Å². The van der Waals surface area contributed by atoms with Crippen molar-refractivity contribution in [2.75, 3.05) is 0 Å². The first-order valence-electron chi connectivity index (χ1n) is 1.46. The summed E-state index contributed by atoms with van der Waals surface area (Å²) in [6, 6.07) is 0. The molecule has 0 saturated heterocycles. The molecule has 0 radical (unpaired) electrons. The molecular formula is C4H8O2. The van der Waals surface area contributed by atoms with Crippen molar-refractivity contribution in [2.24, 2.45) is 0 Å². The SMILES string of the molecule is C=CCC=O.O. The fraction of sp³-hybridized carbons (Fsp3) is 0.250. The van der Waals surface area contributed by atoms with Crippen LogP contribution in [0.1, 0.15) is 6.42 Å². The van der Waals surface area contributed by atoms with Gasteiger partial charge in [-0.2, -0.15) is 0 Å². The van der Waals surface area contributed by atoms with Crippen LogP contribution in [0.3, 0.4) is 0 Å². The lowest BCUT2D eigenvalue weighted by Gasteiger charge is -1.59. The number of hydrogen-bond donors (Lipinski definition) is 0. The number of allylic oxidation sites excluding steroid dienone is 1. The summed E-state index contributed by atoms with van der Waals surface area (Å²) in [5.74, 6) is 0. The molecule has 6 heavy (non-hydrogen) atoms. The number of rotatable bonds is 2. The molecule has 2 N–H and O–H groups in total. The van der Waals surface area contributed by atoms with Crippen molar-refractivity contribution in [1.82, 2.24) is 0 Å². The fourth-order valence-electron chi connectivity index (χ4n) is 0.0680. The Bertz CT molecular complexity index is 34.8. The van der Waals surface area contributed by atoms with E-state index in [2.05, 4.69) is 6.58 Å². The molecule has 0 amide bonds. The molecule has 2 nitrogen and oxygen atoms in total. The molecular weight excluding hydrogens is 80.0 g/mol. The second-order valence-electron chi connectivity index (χ2n) is 0.691. The van der Waals surface area contributed by atoms with Crippen LogP contribution in [0.25, 0.3) is 0 Å². The van der Waals surface area contributed by atoms with Gasteiger partial charge in [-0.25, -0.2) is 0 Å². The Labute approximate surface area is 36.8 Å². The second kappa shape index (κ2) is 8.84. The van der Waals surface area contributed by atoms with Gasteiger partial charge in [0.05, 0.1) is 0 Å². The molecule has 0 spiro atoms. The molecule has 0 rings (SSSR count). The van der Waals surface area contributed by atoms with Crippen molar-refractivity contribution in [3.63, 3.8) is 0 Å². The van der Waals surface area contributed by atoms with Crippen LogP contribution in [0.4, 0.5) is 0 Å². The molecule has 0 saturated carbocycles. The Hall–Kier alpha value is -0.630. The molecule has 2 heteroatoms. The number of aldehydes is 1. The van der Waals surface area contributed by atoms with Gasteiger partial charge in [0.25, 0.3) is 0 Å². The lowest BCUT2D eigenvalue weighted by molar-refractivity contribution is -0.107. The highest BCUT2D eigenvalue weighted by atomic mass is 16.1. The van der Waals surface area contributed by atoms with Crippen LogP contribution < -0.4 is 0 Å². The number of carbonyl (C=O) groups excluding carboxylic acids is 1. The van der Waals surface area contributed by atoms with Crippen LogP contribution in [0, 0.1) is 0 Å². The van der Waals surface area contributed by atoms with Crippen LogP contribution in [0.2, 0.25) is 0 Å². The highest BCUT2D eigenvalue weighted by Crippen LogP contribution is 1.64. The van der Waals surface area contributed by atoms with Crippen molar-refractivity contribution < 1.29 is 10.3 Å². The van der Waals surface area contributed by atoms with Crippen LogP contribution >= 0.6 is 0 Å². The standard InChI is InChI=1S/C4H6O.H2O/c1-2-3-4-5;/h2,4H,1,3H2;1H2. The summed E-state index contributed by atoms with van der Waals surface area (Å²) < 4.78 is 0. The lowest BCUT2D eigenvalue weighted by Crippen LogP contribution is -1.59. The lowest BCUT2D eigenvalue weighted by atomic mass is 10.5. The minimum atomic E-state index is 0.